The molecule has 7 nitrogen and oxygen atoms in total. The van der Waals surface area contributed by atoms with E-state index in [1.54, 1.807) is 13.8 Å². The Morgan fingerprint density at radius 3 is 2.74 bits per heavy atom. The van der Waals surface area contributed by atoms with Gasteiger partial charge in [0.15, 0.2) is 5.76 Å². The van der Waals surface area contributed by atoms with Gasteiger partial charge in [0.1, 0.15) is 0 Å². The van der Waals surface area contributed by atoms with Crippen LogP contribution in [0.2, 0.25) is 0 Å². The number of hydrogen-bond acceptors (Lipinski definition) is 5. The van der Waals surface area contributed by atoms with Crippen molar-refractivity contribution >= 4 is 17.7 Å². The zero-order valence-corrected chi connectivity index (χ0v) is 10.7. The fraction of sp³-hybridized carbons (Fsp3) is 0.417. The quantitative estimate of drug-likeness (QED) is 0.351. The highest BCUT2D eigenvalue weighted by Gasteiger charge is 2.44. The van der Waals surface area contributed by atoms with E-state index in [1.165, 1.54) is 12.3 Å². The first-order valence-electron chi connectivity index (χ1n) is 5.79. The Morgan fingerprint density at radius 2 is 2.21 bits per heavy atom. The van der Waals surface area contributed by atoms with E-state index in [4.69, 9.17) is 10.3 Å². The van der Waals surface area contributed by atoms with Crippen LogP contribution in [-0.4, -0.2) is 22.6 Å². The van der Waals surface area contributed by atoms with E-state index in [0.29, 0.717) is 5.56 Å². The number of nitrogen functional groups attached to an aromatic ring is 1. The summed E-state index contributed by atoms with van der Waals surface area (Å²) in [5.74, 6) is 3.93. The summed E-state index contributed by atoms with van der Waals surface area (Å²) in [5.41, 5.74) is 1.70. The SMILES string of the molecule is CC1(C)CC(=O)N(Cc2ccoc2C(=O)NN)C1=O. The van der Waals surface area contributed by atoms with Crippen molar-refractivity contribution in [3.63, 3.8) is 0 Å². The van der Waals surface area contributed by atoms with Crippen LogP contribution in [-0.2, 0) is 16.1 Å². The Kier molecular flexibility index (Phi) is 3.15. The minimum atomic E-state index is -0.697. The van der Waals surface area contributed by atoms with Crippen LogP contribution in [0.25, 0.3) is 0 Å². The number of amides is 3. The molecule has 0 aromatic carbocycles. The monoisotopic (exact) mass is 265 g/mol. The second-order valence-electron chi connectivity index (χ2n) is 5.09. The summed E-state index contributed by atoms with van der Waals surface area (Å²) in [7, 11) is 0. The predicted octanol–water partition coefficient (Wildman–Crippen LogP) is 0.168. The fourth-order valence-corrected chi connectivity index (χ4v) is 2.08. The van der Waals surface area contributed by atoms with Gasteiger partial charge in [-0.2, -0.15) is 0 Å². The van der Waals surface area contributed by atoms with Gasteiger partial charge < -0.3 is 4.42 Å². The average molecular weight is 265 g/mol. The van der Waals surface area contributed by atoms with Gasteiger partial charge in [-0.05, 0) is 6.07 Å². The highest BCUT2D eigenvalue weighted by Crippen LogP contribution is 2.33. The first kappa shape index (κ1) is 13.3. The van der Waals surface area contributed by atoms with Gasteiger partial charge in [0.05, 0.1) is 18.2 Å². The normalized spacial score (nSPS) is 17.9. The summed E-state index contributed by atoms with van der Waals surface area (Å²) >= 11 is 0. The lowest BCUT2D eigenvalue weighted by Gasteiger charge is -2.17. The van der Waals surface area contributed by atoms with Gasteiger partial charge in [-0.25, -0.2) is 5.84 Å². The van der Waals surface area contributed by atoms with Gasteiger partial charge in [-0.3, -0.25) is 24.7 Å². The maximum Gasteiger partial charge on any atom is 0.301 e. The lowest BCUT2D eigenvalue weighted by Crippen LogP contribution is -2.34. The summed E-state index contributed by atoms with van der Waals surface area (Å²) in [5, 5.41) is 0. The third-order valence-corrected chi connectivity index (χ3v) is 3.13. The number of imide groups is 1. The molecule has 2 rings (SSSR count). The molecule has 0 atom stereocenters. The number of furan rings is 1. The molecular weight excluding hydrogens is 250 g/mol. The van der Waals surface area contributed by atoms with E-state index >= 15 is 0 Å². The maximum atomic E-state index is 12.1. The van der Waals surface area contributed by atoms with E-state index in [-0.39, 0.29) is 30.5 Å². The molecule has 0 spiro atoms. The highest BCUT2D eigenvalue weighted by molar-refractivity contribution is 6.05. The summed E-state index contributed by atoms with van der Waals surface area (Å²) in [6.07, 6.45) is 1.48. The summed E-state index contributed by atoms with van der Waals surface area (Å²) < 4.78 is 5.01. The standard InChI is InChI=1S/C12H15N3O4/c1-12(2)5-8(16)15(11(12)18)6-7-3-4-19-9(7)10(17)14-13/h3-4H,5-6,13H2,1-2H3,(H,14,17). The van der Waals surface area contributed by atoms with Crippen molar-refractivity contribution in [2.24, 2.45) is 11.3 Å². The Balaban J connectivity index is 2.23. The number of likely N-dealkylation sites (tertiary alicyclic amines) is 1. The van der Waals surface area contributed by atoms with E-state index in [1.807, 2.05) is 5.43 Å². The van der Waals surface area contributed by atoms with Gasteiger partial charge in [0, 0.05) is 12.0 Å². The van der Waals surface area contributed by atoms with Crippen LogP contribution >= 0.6 is 0 Å². The van der Waals surface area contributed by atoms with E-state index in [0.717, 1.165) is 4.90 Å². The van der Waals surface area contributed by atoms with Gasteiger partial charge in [-0.1, -0.05) is 13.8 Å². The number of nitrogens with zero attached hydrogens (tertiary/aromatic N) is 1. The van der Waals surface area contributed by atoms with E-state index in [2.05, 4.69) is 0 Å². The first-order valence-corrected chi connectivity index (χ1v) is 5.79. The molecule has 0 bridgehead atoms. The molecule has 1 aliphatic rings. The van der Waals surface area contributed by atoms with Crippen LogP contribution in [0, 0.1) is 5.41 Å². The topological polar surface area (TPSA) is 106 Å². The van der Waals surface area contributed by atoms with Gasteiger partial charge in [0.25, 0.3) is 0 Å². The maximum absolute atomic E-state index is 12.1. The van der Waals surface area contributed by atoms with Crippen molar-refractivity contribution < 1.29 is 18.8 Å². The van der Waals surface area contributed by atoms with Crippen LogP contribution in [0.1, 0.15) is 36.4 Å². The van der Waals surface area contributed by atoms with Crippen LogP contribution in [0.4, 0.5) is 0 Å². The molecule has 1 aromatic heterocycles. The van der Waals surface area contributed by atoms with Gasteiger partial charge >= 0.3 is 5.91 Å². The second-order valence-corrected chi connectivity index (χ2v) is 5.09. The second kappa shape index (κ2) is 4.51. The summed E-state index contributed by atoms with van der Waals surface area (Å²) in [4.78, 5) is 36.5. The average Bonchev–Trinajstić information content (AvgIpc) is 2.87. The van der Waals surface area contributed by atoms with Gasteiger partial charge in [-0.15, -0.1) is 0 Å². The molecule has 0 radical (unpaired) electrons. The molecule has 7 heteroatoms. The number of nitrogens with two attached hydrogens (primary N) is 1. The highest BCUT2D eigenvalue weighted by atomic mass is 16.3. The molecule has 0 aliphatic carbocycles. The van der Waals surface area contributed by atoms with Gasteiger partial charge in [0.2, 0.25) is 11.8 Å². The van der Waals surface area contributed by atoms with E-state index in [9.17, 15) is 14.4 Å². The molecule has 2 heterocycles. The van der Waals surface area contributed by atoms with Crippen LogP contribution in [0.3, 0.4) is 0 Å². The minimum absolute atomic E-state index is 0.00723. The number of hydrazine groups is 1. The molecule has 1 aliphatic heterocycles. The Bertz CT molecular complexity index is 547. The number of nitrogens with one attached hydrogen (secondary N) is 1. The molecule has 3 N–H and O–H groups in total. The molecule has 3 amide bonds. The molecule has 102 valence electrons. The Hall–Kier alpha value is -2.15. The molecule has 1 fully saturated rings. The van der Waals surface area contributed by atoms with Crippen LogP contribution in [0.15, 0.2) is 16.7 Å². The molecule has 1 saturated heterocycles. The van der Waals surface area contributed by atoms with Crippen molar-refractivity contribution in [3.05, 3.63) is 23.7 Å². The largest absolute Gasteiger partial charge is 0.459 e. The number of carbonyl (C=O) groups is 3. The van der Waals surface area contributed by atoms with Crippen molar-refractivity contribution in [2.45, 2.75) is 26.8 Å². The smallest absolute Gasteiger partial charge is 0.301 e. The Labute approximate surface area is 109 Å². The zero-order chi connectivity index (χ0) is 14.2. The first-order chi connectivity index (χ1) is 8.86. The molecule has 1 aromatic rings. The molecular formula is C12H15N3O4. The van der Waals surface area contributed by atoms with Crippen molar-refractivity contribution in [1.82, 2.24) is 10.3 Å². The number of carbonyl (C=O) groups excluding carboxylic acids is 3. The third kappa shape index (κ3) is 2.24. The summed E-state index contributed by atoms with van der Waals surface area (Å²) in [6, 6.07) is 1.54. The van der Waals surface area contributed by atoms with Crippen LogP contribution in [0.5, 0.6) is 0 Å². The predicted molar refractivity (Wildman–Crippen MR) is 64.3 cm³/mol. The van der Waals surface area contributed by atoms with Crippen molar-refractivity contribution in [3.8, 4) is 0 Å². The minimum Gasteiger partial charge on any atom is -0.459 e. The number of rotatable bonds is 3. The summed E-state index contributed by atoms with van der Waals surface area (Å²) in [6.45, 7) is 3.45. The molecule has 19 heavy (non-hydrogen) atoms. The number of hydrogen-bond donors (Lipinski definition) is 2. The Morgan fingerprint density at radius 1 is 1.53 bits per heavy atom. The molecule has 0 unspecified atom stereocenters. The lowest BCUT2D eigenvalue weighted by molar-refractivity contribution is -0.141. The fourth-order valence-electron chi connectivity index (χ4n) is 2.08. The van der Waals surface area contributed by atoms with Crippen molar-refractivity contribution in [1.29, 1.82) is 0 Å². The lowest BCUT2D eigenvalue weighted by atomic mass is 9.92. The van der Waals surface area contributed by atoms with Crippen molar-refractivity contribution in [2.75, 3.05) is 0 Å². The zero-order valence-electron chi connectivity index (χ0n) is 10.7. The van der Waals surface area contributed by atoms with E-state index < -0.39 is 11.3 Å². The molecule has 0 saturated carbocycles. The third-order valence-electron chi connectivity index (χ3n) is 3.13. The van der Waals surface area contributed by atoms with Crippen LogP contribution < -0.4 is 11.3 Å².